The summed E-state index contributed by atoms with van der Waals surface area (Å²) in [6.45, 7) is 1.18. The van der Waals surface area contributed by atoms with E-state index in [9.17, 15) is 22.8 Å². The number of nitrogens with zero attached hydrogens (tertiary/aromatic N) is 2. The fraction of sp³-hybridized carbons (Fsp3) is 0.150. The van der Waals surface area contributed by atoms with Crippen LogP contribution in [0.15, 0.2) is 59.9 Å². The minimum atomic E-state index is -3.66. The van der Waals surface area contributed by atoms with Gasteiger partial charge in [-0.15, -0.1) is 0 Å². The van der Waals surface area contributed by atoms with Crippen molar-refractivity contribution in [1.29, 1.82) is 0 Å². The number of hydrogen-bond acceptors (Lipinski definition) is 7. The van der Waals surface area contributed by atoms with Crippen molar-refractivity contribution in [2.75, 3.05) is 22.9 Å². The first-order chi connectivity index (χ1) is 15.3. The molecule has 0 bridgehead atoms. The zero-order chi connectivity index (χ0) is 23.1. The van der Waals surface area contributed by atoms with Crippen LogP contribution in [0.3, 0.4) is 0 Å². The molecular formula is C20H20N6O5S. The fourth-order valence-electron chi connectivity index (χ4n) is 2.71. The van der Waals surface area contributed by atoms with E-state index in [4.69, 9.17) is 0 Å². The van der Waals surface area contributed by atoms with Gasteiger partial charge in [-0.05, 0) is 30.3 Å². The van der Waals surface area contributed by atoms with Crippen LogP contribution in [0.4, 0.5) is 11.4 Å². The van der Waals surface area contributed by atoms with Gasteiger partial charge in [0.15, 0.2) is 20.6 Å². The molecule has 11 nitrogen and oxygen atoms in total. The number of anilines is 2. The van der Waals surface area contributed by atoms with Crippen LogP contribution in [-0.4, -0.2) is 53.6 Å². The molecule has 3 amide bonds. The number of aromatic amines is 1. The summed E-state index contributed by atoms with van der Waals surface area (Å²) in [4.78, 5) is 40.0. The summed E-state index contributed by atoms with van der Waals surface area (Å²) in [5.74, 6) is -1.81. The Morgan fingerprint density at radius 1 is 1.03 bits per heavy atom. The number of rotatable bonds is 8. The number of carbonyl (C=O) groups is 3. The van der Waals surface area contributed by atoms with Crippen molar-refractivity contribution < 1.29 is 22.8 Å². The smallest absolute Gasteiger partial charge is 0.273 e. The Balaban J connectivity index is 1.62. The lowest BCUT2D eigenvalue weighted by molar-refractivity contribution is -0.114. The molecule has 0 aliphatic carbocycles. The molecule has 2 heterocycles. The molecule has 0 aliphatic rings. The van der Waals surface area contributed by atoms with Crippen LogP contribution in [0, 0.1) is 0 Å². The van der Waals surface area contributed by atoms with Gasteiger partial charge in [-0.25, -0.2) is 13.4 Å². The second kappa shape index (κ2) is 9.83. The molecule has 4 N–H and O–H groups in total. The third kappa shape index (κ3) is 5.76. The average Bonchev–Trinajstić information content (AvgIpc) is 3.22. The predicted octanol–water partition coefficient (Wildman–Crippen LogP) is 1.22. The highest BCUT2D eigenvalue weighted by molar-refractivity contribution is 7.91. The van der Waals surface area contributed by atoms with Crippen molar-refractivity contribution in [3.05, 3.63) is 66.1 Å². The van der Waals surface area contributed by atoms with E-state index in [2.05, 4.69) is 31.1 Å². The van der Waals surface area contributed by atoms with Crippen molar-refractivity contribution in [1.82, 2.24) is 20.5 Å². The maximum atomic E-state index is 12.5. The van der Waals surface area contributed by atoms with E-state index in [1.54, 1.807) is 30.3 Å². The zero-order valence-corrected chi connectivity index (χ0v) is 17.8. The van der Waals surface area contributed by atoms with E-state index in [0.29, 0.717) is 5.69 Å². The zero-order valence-electron chi connectivity index (χ0n) is 17.0. The molecule has 166 valence electrons. The Hall–Kier alpha value is -4.06. The normalized spacial score (nSPS) is 10.9. The molecular weight excluding hydrogens is 436 g/mol. The topological polar surface area (TPSA) is 163 Å². The third-order valence-corrected chi connectivity index (χ3v) is 5.78. The SMILES string of the molecule is CC(=O)Nc1cccc(C(=O)Nc2c[nH]nc2C(=O)NCCS(=O)(=O)c2ccccn2)c1. The highest BCUT2D eigenvalue weighted by atomic mass is 32.2. The van der Waals surface area contributed by atoms with Gasteiger partial charge in [0.1, 0.15) is 0 Å². The highest BCUT2D eigenvalue weighted by Crippen LogP contribution is 2.16. The number of hydrogen-bond donors (Lipinski definition) is 4. The molecule has 12 heteroatoms. The Bertz CT molecular complexity index is 1240. The standard InChI is InChI=1S/C20H20N6O5S/c1-13(27)24-15-6-4-5-14(11-15)19(28)25-16-12-23-26-18(16)20(29)22-9-10-32(30,31)17-7-2-3-8-21-17/h2-8,11-12H,9-10H2,1H3,(H,22,29)(H,23,26)(H,24,27)(H,25,28). The number of carbonyl (C=O) groups excluding carboxylic acids is 3. The van der Waals surface area contributed by atoms with Gasteiger partial charge in [0.2, 0.25) is 5.91 Å². The van der Waals surface area contributed by atoms with Crippen LogP contribution in [0.25, 0.3) is 0 Å². The van der Waals surface area contributed by atoms with Crippen molar-refractivity contribution in [2.45, 2.75) is 11.9 Å². The average molecular weight is 456 g/mol. The van der Waals surface area contributed by atoms with Crippen LogP contribution in [0.2, 0.25) is 0 Å². The molecule has 1 aromatic carbocycles. The Kier molecular flexibility index (Phi) is 6.95. The fourth-order valence-corrected chi connectivity index (χ4v) is 3.80. The molecule has 0 spiro atoms. The Morgan fingerprint density at radius 3 is 2.56 bits per heavy atom. The van der Waals surface area contributed by atoms with Gasteiger partial charge >= 0.3 is 0 Å². The molecule has 2 aromatic heterocycles. The Labute approximate surface area is 183 Å². The second-order valence-electron chi connectivity index (χ2n) is 6.61. The number of benzene rings is 1. The monoisotopic (exact) mass is 456 g/mol. The van der Waals surface area contributed by atoms with Crippen LogP contribution < -0.4 is 16.0 Å². The largest absolute Gasteiger partial charge is 0.350 e. The number of H-pyrrole nitrogens is 1. The molecule has 32 heavy (non-hydrogen) atoms. The van der Waals surface area contributed by atoms with E-state index in [1.807, 2.05) is 0 Å². The first-order valence-electron chi connectivity index (χ1n) is 9.41. The first-order valence-corrected chi connectivity index (χ1v) is 11.1. The minimum Gasteiger partial charge on any atom is -0.350 e. The van der Waals surface area contributed by atoms with Gasteiger partial charge in [0.05, 0.1) is 11.4 Å². The number of pyridine rings is 1. The van der Waals surface area contributed by atoms with Gasteiger partial charge in [-0.3, -0.25) is 19.5 Å². The van der Waals surface area contributed by atoms with Crippen molar-refractivity contribution in [3.8, 4) is 0 Å². The molecule has 3 aromatic rings. The van der Waals surface area contributed by atoms with Crippen LogP contribution in [0.5, 0.6) is 0 Å². The first kappa shape index (κ1) is 22.6. The van der Waals surface area contributed by atoms with Crippen molar-refractivity contribution in [2.24, 2.45) is 0 Å². The van der Waals surface area contributed by atoms with E-state index < -0.39 is 21.7 Å². The molecule has 0 radical (unpaired) electrons. The molecule has 3 rings (SSSR count). The molecule has 0 fully saturated rings. The summed E-state index contributed by atoms with van der Waals surface area (Å²) in [6, 6.07) is 10.8. The summed E-state index contributed by atoms with van der Waals surface area (Å²) >= 11 is 0. The number of amides is 3. The van der Waals surface area contributed by atoms with Gasteiger partial charge < -0.3 is 16.0 Å². The quantitative estimate of drug-likeness (QED) is 0.396. The van der Waals surface area contributed by atoms with E-state index in [-0.39, 0.29) is 40.2 Å². The molecule has 0 saturated heterocycles. The number of sulfone groups is 1. The summed E-state index contributed by atoms with van der Waals surface area (Å²) in [5.41, 5.74) is 0.714. The Morgan fingerprint density at radius 2 is 1.84 bits per heavy atom. The third-order valence-electron chi connectivity index (χ3n) is 4.16. The van der Waals surface area contributed by atoms with E-state index in [1.165, 1.54) is 31.5 Å². The van der Waals surface area contributed by atoms with Crippen LogP contribution in [-0.2, 0) is 14.6 Å². The van der Waals surface area contributed by atoms with E-state index >= 15 is 0 Å². The van der Waals surface area contributed by atoms with Gasteiger partial charge in [-0.2, -0.15) is 5.10 Å². The lowest BCUT2D eigenvalue weighted by atomic mass is 10.2. The molecule has 0 unspecified atom stereocenters. The summed E-state index contributed by atoms with van der Waals surface area (Å²) in [5, 5.41) is 13.9. The van der Waals surface area contributed by atoms with Crippen molar-refractivity contribution >= 4 is 38.9 Å². The summed E-state index contributed by atoms with van der Waals surface area (Å²) < 4.78 is 24.5. The van der Waals surface area contributed by atoms with Crippen LogP contribution >= 0.6 is 0 Å². The molecule has 0 saturated carbocycles. The number of nitrogens with one attached hydrogen (secondary N) is 4. The maximum absolute atomic E-state index is 12.5. The van der Waals surface area contributed by atoms with E-state index in [0.717, 1.165) is 0 Å². The lowest BCUT2D eigenvalue weighted by Gasteiger charge is -2.08. The maximum Gasteiger partial charge on any atom is 0.273 e. The summed E-state index contributed by atoms with van der Waals surface area (Å²) in [6.07, 6.45) is 2.70. The van der Waals surface area contributed by atoms with Gasteiger partial charge in [0, 0.05) is 37.1 Å². The van der Waals surface area contributed by atoms with Gasteiger partial charge in [0.25, 0.3) is 11.8 Å². The lowest BCUT2D eigenvalue weighted by Crippen LogP contribution is -2.30. The second-order valence-corrected chi connectivity index (χ2v) is 8.66. The highest BCUT2D eigenvalue weighted by Gasteiger charge is 2.20. The van der Waals surface area contributed by atoms with Crippen LogP contribution in [0.1, 0.15) is 27.8 Å². The predicted molar refractivity (Wildman–Crippen MR) is 116 cm³/mol. The summed E-state index contributed by atoms with van der Waals surface area (Å²) in [7, 11) is -3.66. The van der Waals surface area contributed by atoms with Crippen molar-refractivity contribution in [3.63, 3.8) is 0 Å². The number of aromatic nitrogens is 3. The van der Waals surface area contributed by atoms with Gasteiger partial charge in [-0.1, -0.05) is 12.1 Å². The molecule has 0 atom stereocenters. The minimum absolute atomic E-state index is 0.0801. The molecule has 0 aliphatic heterocycles.